The van der Waals surface area contributed by atoms with Crippen molar-refractivity contribution in [2.45, 2.75) is 44.3 Å². The van der Waals surface area contributed by atoms with E-state index in [0.29, 0.717) is 13.1 Å². The molecule has 2 aliphatic heterocycles. The van der Waals surface area contributed by atoms with Crippen molar-refractivity contribution in [3.8, 4) is 0 Å². The quantitative estimate of drug-likeness (QED) is 0.680. The predicted molar refractivity (Wildman–Crippen MR) is 89.0 cm³/mol. The summed E-state index contributed by atoms with van der Waals surface area (Å²) in [5.74, 6) is -1.34. The molecule has 1 aliphatic carbocycles. The van der Waals surface area contributed by atoms with E-state index in [1.54, 1.807) is 17.0 Å². The Labute approximate surface area is 149 Å². The molecule has 4 rings (SSSR count). The summed E-state index contributed by atoms with van der Waals surface area (Å²) in [6.45, 7) is 0.799. The van der Waals surface area contributed by atoms with Crippen molar-refractivity contribution in [1.82, 2.24) is 15.5 Å². The van der Waals surface area contributed by atoms with E-state index in [0.717, 1.165) is 24.0 Å². The second-order valence-electron chi connectivity index (χ2n) is 7.19. The van der Waals surface area contributed by atoms with Crippen LogP contribution in [0.3, 0.4) is 0 Å². The van der Waals surface area contributed by atoms with Crippen molar-refractivity contribution < 1.29 is 24.3 Å². The lowest BCUT2D eigenvalue weighted by atomic mass is 9.88. The van der Waals surface area contributed by atoms with Gasteiger partial charge < -0.3 is 15.3 Å². The first-order valence-corrected chi connectivity index (χ1v) is 8.65. The number of aromatic carboxylic acids is 1. The van der Waals surface area contributed by atoms with Crippen LogP contribution in [-0.2, 0) is 22.7 Å². The number of nitrogens with zero attached hydrogens (tertiary/aromatic N) is 1. The Balaban J connectivity index is 1.42. The fraction of sp³-hybridized carbons (Fsp3) is 0.444. The van der Waals surface area contributed by atoms with E-state index in [9.17, 15) is 19.2 Å². The number of carbonyl (C=O) groups excluding carboxylic acids is 3. The van der Waals surface area contributed by atoms with E-state index in [-0.39, 0.29) is 36.1 Å². The van der Waals surface area contributed by atoms with Gasteiger partial charge in [0.25, 0.3) is 5.91 Å². The number of carboxylic acid groups (broad SMARTS) is 1. The van der Waals surface area contributed by atoms with Gasteiger partial charge in [0.1, 0.15) is 5.54 Å². The van der Waals surface area contributed by atoms with Crippen LogP contribution in [0, 0.1) is 5.92 Å². The van der Waals surface area contributed by atoms with Gasteiger partial charge in [0.2, 0.25) is 5.91 Å². The van der Waals surface area contributed by atoms with Crippen LogP contribution in [0.2, 0.25) is 0 Å². The maximum absolute atomic E-state index is 12.6. The molecule has 3 N–H and O–H groups in total. The van der Waals surface area contributed by atoms with E-state index in [4.69, 9.17) is 5.11 Å². The summed E-state index contributed by atoms with van der Waals surface area (Å²) in [7, 11) is 0. The zero-order chi connectivity index (χ0) is 18.5. The van der Waals surface area contributed by atoms with Crippen molar-refractivity contribution in [2.24, 2.45) is 5.92 Å². The van der Waals surface area contributed by atoms with Gasteiger partial charge in [0.05, 0.1) is 5.56 Å². The maximum atomic E-state index is 12.6. The summed E-state index contributed by atoms with van der Waals surface area (Å²) in [6, 6.07) is 4.38. The fourth-order valence-corrected chi connectivity index (χ4v) is 3.92. The number of carboxylic acids is 1. The maximum Gasteiger partial charge on any atom is 0.335 e. The van der Waals surface area contributed by atoms with Crippen molar-refractivity contribution in [1.29, 1.82) is 0 Å². The lowest BCUT2D eigenvalue weighted by molar-refractivity contribution is -0.133. The zero-order valence-corrected chi connectivity index (χ0v) is 14.1. The monoisotopic (exact) mass is 357 g/mol. The number of urea groups is 1. The molecule has 1 saturated heterocycles. The molecule has 1 unspecified atom stereocenters. The first-order chi connectivity index (χ1) is 12.4. The molecule has 4 amide bonds. The first-order valence-electron chi connectivity index (χ1n) is 8.65. The minimum Gasteiger partial charge on any atom is -0.478 e. The highest BCUT2D eigenvalue weighted by atomic mass is 16.4. The van der Waals surface area contributed by atoms with Crippen molar-refractivity contribution in [2.75, 3.05) is 0 Å². The van der Waals surface area contributed by atoms with Crippen LogP contribution in [-0.4, -0.2) is 39.4 Å². The number of imide groups is 1. The average molecular weight is 357 g/mol. The highest BCUT2D eigenvalue weighted by Gasteiger charge is 2.55. The number of hydrogen-bond donors (Lipinski definition) is 3. The minimum atomic E-state index is -0.994. The smallest absolute Gasteiger partial charge is 0.335 e. The molecule has 0 radical (unpaired) electrons. The number of benzene rings is 1. The van der Waals surface area contributed by atoms with Gasteiger partial charge in [-0.05, 0) is 48.4 Å². The van der Waals surface area contributed by atoms with Gasteiger partial charge in [-0.1, -0.05) is 6.07 Å². The van der Waals surface area contributed by atoms with Crippen LogP contribution >= 0.6 is 0 Å². The van der Waals surface area contributed by atoms with E-state index >= 15 is 0 Å². The number of rotatable bonds is 5. The summed E-state index contributed by atoms with van der Waals surface area (Å²) in [5, 5.41) is 14.1. The molecule has 2 heterocycles. The highest BCUT2D eigenvalue weighted by molar-refractivity contribution is 6.07. The Morgan fingerprint density at radius 3 is 2.54 bits per heavy atom. The standard InChI is InChI=1S/C18H19N3O5/c22-14(5-6-18(13-3-4-13)16(25)19-17(26)20-18)21-8-11-2-1-10(15(23)24)7-12(11)9-21/h1-2,7,13H,3-6,8-9H2,(H,23,24)(H2,19,20,25,26). The molecule has 1 saturated carbocycles. The molecule has 8 nitrogen and oxygen atoms in total. The Morgan fingerprint density at radius 1 is 1.19 bits per heavy atom. The van der Waals surface area contributed by atoms with Crippen molar-refractivity contribution >= 4 is 23.8 Å². The third-order valence-corrected chi connectivity index (χ3v) is 5.50. The minimum absolute atomic E-state index is 0.0932. The molecule has 2 fully saturated rings. The van der Waals surface area contributed by atoms with Crippen molar-refractivity contribution in [3.05, 3.63) is 34.9 Å². The largest absolute Gasteiger partial charge is 0.478 e. The van der Waals surface area contributed by atoms with Gasteiger partial charge in [-0.2, -0.15) is 0 Å². The molecule has 0 bridgehead atoms. The van der Waals surface area contributed by atoms with Crippen LogP contribution in [0.5, 0.6) is 0 Å². The van der Waals surface area contributed by atoms with Crippen LogP contribution in [0.1, 0.15) is 47.2 Å². The summed E-state index contributed by atoms with van der Waals surface area (Å²) < 4.78 is 0. The van der Waals surface area contributed by atoms with Gasteiger partial charge in [-0.3, -0.25) is 14.9 Å². The lowest BCUT2D eigenvalue weighted by Gasteiger charge is -2.26. The topological polar surface area (TPSA) is 116 Å². The number of carbonyl (C=O) groups is 4. The van der Waals surface area contributed by atoms with E-state index in [1.165, 1.54) is 6.07 Å². The number of hydrogen-bond acceptors (Lipinski definition) is 4. The molecule has 26 heavy (non-hydrogen) atoms. The second kappa shape index (κ2) is 5.82. The molecule has 136 valence electrons. The average Bonchev–Trinajstić information content (AvgIpc) is 3.29. The Hall–Kier alpha value is -2.90. The second-order valence-corrected chi connectivity index (χ2v) is 7.19. The summed E-state index contributed by atoms with van der Waals surface area (Å²) in [5.41, 5.74) is 1.01. The molecule has 1 aromatic rings. The molecule has 3 aliphatic rings. The van der Waals surface area contributed by atoms with Crippen LogP contribution in [0.25, 0.3) is 0 Å². The molecule has 0 aromatic heterocycles. The van der Waals surface area contributed by atoms with Gasteiger partial charge in [-0.25, -0.2) is 9.59 Å². The molecular weight excluding hydrogens is 338 g/mol. The third-order valence-electron chi connectivity index (χ3n) is 5.50. The van der Waals surface area contributed by atoms with Crippen LogP contribution in [0.15, 0.2) is 18.2 Å². The number of amides is 4. The van der Waals surface area contributed by atoms with Crippen LogP contribution < -0.4 is 10.6 Å². The Bertz CT molecular complexity index is 832. The highest BCUT2D eigenvalue weighted by Crippen LogP contribution is 2.44. The predicted octanol–water partition coefficient (Wildman–Crippen LogP) is 0.995. The van der Waals surface area contributed by atoms with Crippen molar-refractivity contribution in [3.63, 3.8) is 0 Å². The lowest BCUT2D eigenvalue weighted by Crippen LogP contribution is -2.49. The SMILES string of the molecule is O=C1NC(=O)C(CCC(=O)N2Cc3ccc(C(=O)O)cc3C2)(C2CC2)N1. The van der Waals surface area contributed by atoms with E-state index in [2.05, 4.69) is 10.6 Å². The number of nitrogens with one attached hydrogen (secondary N) is 2. The first kappa shape index (κ1) is 16.6. The Kier molecular flexibility index (Phi) is 3.71. The molecule has 0 spiro atoms. The number of fused-ring (bicyclic) bond motifs is 1. The summed E-state index contributed by atoms with van der Waals surface area (Å²) in [6.07, 6.45) is 2.18. The van der Waals surface area contributed by atoms with Gasteiger partial charge >= 0.3 is 12.0 Å². The normalized spacial score (nSPS) is 24.2. The molecule has 1 aromatic carbocycles. The summed E-state index contributed by atoms with van der Waals surface area (Å²) >= 11 is 0. The summed E-state index contributed by atoms with van der Waals surface area (Å²) in [4.78, 5) is 49.1. The van der Waals surface area contributed by atoms with E-state index in [1.807, 2.05) is 0 Å². The van der Waals surface area contributed by atoms with Gasteiger partial charge in [0.15, 0.2) is 0 Å². The zero-order valence-electron chi connectivity index (χ0n) is 14.1. The van der Waals surface area contributed by atoms with Crippen LogP contribution in [0.4, 0.5) is 4.79 Å². The molecule has 8 heteroatoms. The third kappa shape index (κ3) is 2.71. The van der Waals surface area contributed by atoms with Gasteiger partial charge in [0, 0.05) is 19.5 Å². The molecular formula is C18H19N3O5. The van der Waals surface area contributed by atoms with Gasteiger partial charge in [-0.15, -0.1) is 0 Å². The fourth-order valence-electron chi connectivity index (χ4n) is 3.92. The Morgan fingerprint density at radius 2 is 1.92 bits per heavy atom. The molecule has 1 atom stereocenters. The van der Waals surface area contributed by atoms with E-state index < -0.39 is 17.5 Å².